The maximum atomic E-state index is 8.86. The third-order valence-corrected chi connectivity index (χ3v) is 3.31. The van der Waals surface area contributed by atoms with Crippen molar-refractivity contribution in [3.63, 3.8) is 0 Å². The third-order valence-electron chi connectivity index (χ3n) is 3.31. The van der Waals surface area contributed by atoms with Crippen LogP contribution >= 0.6 is 0 Å². The summed E-state index contributed by atoms with van der Waals surface area (Å²) in [6, 6.07) is 14.3. The van der Waals surface area contributed by atoms with E-state index in [1.54, 1.807) is 6.08 Å². The van der Waals surface area contributed by atoms with Crippen molar-refractivity contribution in [1.29, 1.82) is 0 Å². The number of hydrogen-bond donors (Lipinski definition) is 1. The van der Waals surface area contributed by atoms with E-state index in [1.165, 1.54) is 5.56 Å². The average molecular weight is 264 g/mol. The molecule has 1 N–H and O–H groups in total. The van der Waals surface area contributed by atoms with Gasteiger partial charge in [0.1, 0.15) is 11.5 Å². The molecule has 0 spiro atoms. The van der Waals surface area contributed by atoms with Crippen LogP contribution in [0.25, 0.3) is 12.2 Å². The molecular formula is C18H16O2. The van der Waals surface area contributed by atoms with E-state index in [0.717, 1.165) is 29.0 Å². The van der Waals surface area contributed by atoms with Crippen LogP contribution in [0.1, 0.15) is 16.7 Å². The molecule has 2 bridgehead atoms. The first kappa shape index (κ1) is 12.7. The predicted octanol–water partition coefficient (Wildman–Crippen LogP) is 4.05. The summed E-state index contributed by atoms with van der Waals surface area (Å²) >= 11 is 0. The number of fused-ring (bicyclic) bond motifs is 2. The maximum absolute atomic E-state index is 8.86. The zero-order valence-corrected chi connectivity index (χ0v) is 11.1. The van der Waals surface area contributed by atoms with Gasteiger partial charge in [-0.3, -0.25) is 0 Å². The lowest BCUT2D eigenvalue weighted by molar-refractivity contribution is 0.343. The maximum Gasteiger partial charge on any atom is 0.138 e. The van der Waals surface area contributed by atoms with Crippen molar-refractivity contribution in [3.8, 4) is 11.5 Å². The van der Waals surface area contributed by atoms with Crippen LogP contribution in [-0.4, -0.2) is 11.7 Å². The summed E-state index contributed by atoms with van der Waals surface area (Å²) in [5.74, 6) is 1.89. The van der Waals surface area contributed by atoms with Crippen LogP contribution in [0.2, 0.25) is 0 Å². The molecule has 2 aromatic rings. The van der Waals surface area contributed by atoms with E-state index in [-0.39, 0.29) is 6.61 Å². The van der Waals surface area contributed by atoms with Crippen LogP contribution in [0, 0.1) is 0 Å². The van der Waals surface area contributed by atoms with Gasteiger partial charge in [-0.1, -0.05) is 48.6 Å². The summed E-state index contributed by atoms with van der Waals surface area (Å²) < 4.78 is 5.43. The Balaban J connectivity index is 1.72. The second kappa shape index (κ2) is 5.76. The summed E-state index contributed by atoms with van der Waals surface area (Å²) in [5, 5.41) is 8.86. The lowest BCUT2D eigenvalue weighted by Gasteiger charge is -2.18. The first-order chi connectivity index (χ1) is 9.86. The smallest absolute Gasteiger partial charge is 0.138 e. The molecule has 2 aromatic carbocycles. The molecule has 2 aliphatic rings. The number of ether oxygens (including phenoxy) is 1. The molecule has 0 saturated heterocycles. The van der Waals surface area contributed by atoms with E-state index in [2.05, 4.69) is 30.4 Å². The van der Waals surface area contributed by atoms with Crippen molar-refractivity contribution in [3.05, 3.63) is 71.3 Å². The Labute approximate surface area is 118 Å². The van der Waals surface area contributed by atoms with Crippen LogP contribution in [0.15, 0.2) is 54.6 Å². The van der Waals surface area contributed by atoms with Gasteiger partial charge in [0, 0.05) is 11.6 Å². The fourth-order valence-electron chi connectivity index (χ4n) is 2.25. The van der Waals surface area contributed by atoms with Gasteiger partial charge in [-0.2, -0.15) is 0 Å². The molecule has 4 rings (SSSR count). The first-order valence-electron chi connectivity index (χ1n) is 6.70. The van der Waals surface area contributed by atoms with Crippen molar-refractivity contribution in [1.82, 2.24) is 0 Å². The van der Waals surface area contributed by atoms with Gasteiger partial charge in [0.15, 0.2) is 0 Å². The molecule has 0 fully saturated rings. The second-order valence-corrected chi connectivity index (χ2v) is 4.69. The van der Waals surface area contributed by atoms with Crippen molar-refractivity contribution in [2.45, 2.75) is 6.42 Å². The minimum atomic E-state index is 0.0667. The van der Waals surface area contributed by atoms with Crippen molar-refractivity contribution in [2.75, 3.05) is 6.61 Å². The van der Waals surface area contributed by atoms with Crippen molar-refractivity contribution >= 4 is 12.2 Å². The van der Waals surface area contributed by atoms with Gasteiger partial charge >= 0.3 is 0 Å². The average Bonchev–Trinajstić information content (AvgIpc) is 2.46. The molecular weight excluding hydrogens is 248 g/mol. The lowest BCUT2D eigenvalue weighted by Crippen LogP contribution is -1.96. The highest BCUT2D eigenvalue weighted by atomic mass is 16.5. The van der Waals surface area contributed by atoms with Crippen molar-refractivity contribution < 1.29 is 9.84 Å². The Bertz CT molecular complexity index is 665. The van der Waals surface area contributed by atoms with Crippen LogP contribution < -0.4 is 4.74 Å². The Hall–Kier alpha value is -2.32. The van der Waals surface area contributed by atoms with E-state index in [9.17, 15) is 0 Å². The fraction of sp³-hybridized carbons (Fsp3) is 0.111. The normalized spacial score (nSPS) is 12.7. The van der Waals surface area contributed by atoms with E-state index in [0.29, 0.717) is 0 Å². The summed E-state index contributed by atoms with van der Waals surface area (Å²) in [4.78, 5) is 0. The third kappa shape index (κ3) is 2.65. The van der Waals surface area contributed by atoms with E-state index in [1.807, 2.05) is 30.3 Å². The van der Waals surface area contributed by atoms with Crippen molar-refractivity contribution in [2.24, 2.45) is 0 Å². The number of hydrogen-bond acceptors (Lipinski definition) is 2. The molecule has 0 amide bonds. The molecule has 2 heterocycles. The van der Waals surface area contributed by atoms with E-state index in [4.69, 9.17) is 9.84 Å². The monoisotopic (exact) mass is 264 g/mol. The second-order valence-electron chi connectivity index (χ2n) is 4.69. The highest BCUT2D eigenvalue weighted by Gasteiger charge is 2.12. The number of aliphatic hydroxyl groups is 1. The molecule has 20 heavy (non-hydrogen) atoms. The Kier molecular flexibility index (Phi) is 3.66. The highest BCUT2D eigenvalue weighted by Crippen LogP contribution is 2.38. The minimum absolute atomic E-state index is 0.0667. The van der Waals surface area contributed by atoms with Gasteiger partial charge in [0.2, 0.25) is 0 Å². The van der Waals surface area contributed by atoms with E-state index < -0.39 is 0 Å². The van der Waals surface area contributed by atoms with Gasteiger partial charge < -0.3 is 9.84 Å². The topological polar surface area (TPSA) is 29.5 Å². The molecule has 2 aliphatic heterocycles. The SMILES string of the molecule is OC/C=C/c1ccccc1C/C=C/c1ccc2cc1O2. The van der Waals surface area contributed by atoms with Crippen LogP contribution in [-0.2, 0) is 6.42 Å². The molecule has 0 radical (unpaired) electrons. The number of aliphatic hydroxyl groups excluding tert-OH is 1. The van der Waals surface area contributed by atoms with Gasteiger partial charge in [0.25, 0.3) is 0 Å². The molecule has 2 nitrogen and oxygen atoms in total. The summed E-state index contributed by atoms with van der Waals surface area (Å²) in [6.45, 7) is 0.0667. The van der Waals surface area contributed by atoms with Gasteiger partial charge in [-0.05, 0) is 29.7 Å². The molecule has 0 aliphatic carbocycles. The molecule has 0 aromatic heterocycles. The molecule has 100 valence electrons. The largest absolute Gasteiger partial charge is 0.456 e. The van der Waals surface area contributed by atoms with Gasteiger partial charge in [0.05, 0.1) is 6.61 Å². The lowest BCUT2D eigenvalue weighted by atomic mass is 10.0. The van der Waals surface area contributed by atoms with E-state index >= 15 is 0 Å². The molecule has 2 heteroatoms. The first-order valence-corrected chi connectivity index (χ1v) is 6.70. The molecule has 0 atom stereocenters. The van der Waals surface area contributed by atoms with Gasteiger partial charge in [-0.25, -0.2) is 0 Å². The fourth-order valence-corrected chi connectivity index (χ4v) is 2.25. The zero-order chi connectivity index (χ0) is 13.8. The van der Waals surface area contributed by atoms with Crippen LogP contribution in [0.4, 0.5) is 0 Å². The van der Waals surface area contributed by atoms with Crippen LogP contribution in [0.5, 0.6) is 11.5 Å². The Morgan fingerprint density at radius 1 is 0.950 bits per heavy atom. The highest BCUT2D eigenvalue weighted by molar-refractivity contribution is 5.64. The Morgan fingerprint density at radius 3 is 2.50 bits per heavy atom. The number of allylic oxidation sites excluding steroid dienone is 1. The molecule has 0 saturated carbocycles. The Morgan fingerprint density at radius 2 is 1.75 bits per heavy atom. The summed E-state index contributed by atoms with van der Waals surface area (Å²) in [5.41, 5.74) is 3.50. The summed E-state index contributed by atoms with van der Waals surface area (Å²) in [6.07, 6.45) is 8.79. The predicted molar refractivity (Wildman–Crippen MR) is 81.8 cm³/mol. The molecule has 0 unspecified atom stereocenters. The van der Waals surface area contributed by atoms with Gasteiger partial charge in [-0.15, -0.1) is 0 Å². The van der Waals surface area contributed by atoms with Crippen LogP contribution in [0.3, 0.4) is 0 Å². The standard InChI is InChI=1S/C18H16O2/c19-12-4-9-15-6-2-1-5-14(15)7-3-8-16-10-11-17-13-18(16)20-17/h1-6,8-11,13,19H,7,12H2/b8-3+,9-4+. The minimum Gasteiger partial charge on any atom is -0.456 e. The zero-order valence-electron chi connectivity index (χ0n) is 11.1. The number of benzene rings is 2. The number of rotatable bonds is 5. The quantitative estimate of drug-likeness (QED) is 0.753. The summed E-state index contributed by atoms with van der Waals surface area (Å²) in [7, 11) is 0.